The largest absolute Gasteiger partial charge is 0.392 e. The zero-order valence-electron chi connectivity index (χ0n) is 8.50. The van der Waals surface area contributed by atoms with E-state index in [1.54, 1.807) is 0 Å². The van der Waals surface area contributed by atoms with Crippen LogP contribution in [0, 0.1) is 5.92 Å². The molecule has 4 N–H and O–H groups in total. The van der Waals surface area contributed by atoms with Gasteiger partial charge in [0.05, 0.1) is 6.10 Å². The summed E-state index contributed by atoms with van der Waals surface area (Å²) in [6.07, 6.45) is 4.38. The summed E-state index contributed by atoms with van der Waals surface area (Å²) in [7, 11) is 0. The van der Waals surface area contributed by atoms with Crippen molar-refractivity contribution in [3.05, 3.63) is 0 Å². The molecule has 78 valence electrons. The highest BCUT2D eigenvalue weighted by Crippen LogP contribution is 2.24. The van der Waals surface area contributed by atoms with Gasteiger partial charge in [-0.3, -0.25) is 0 Å². The van der Waals surface area contributed by atoms with Crippen LogP contribution >= 0.6 is 0 Å². The molecule has 0 aliphatic heterocycles. The predicted molar refractivity (Wildman–Crippen MR) is 54.5 cm³/mol. The summed E-state index contributed by atoms with van der Waals surface area (Å²) < 4.78 is 0. The van der Waals surface area contributed by atoms with E-state index >= 15 is 0 Å². The number of rotatable bonds is 5. The first-order chi connectivity index (χ1) is 6.27. The van der Waals surface area contributed by atoms with Crippen molar-refractivity contribution in [2.24, 2.45) is 11.7 Å². The maximum atomic E-state index is 9.38. The first-order valence-corrected chi connectivity index (χ1v) is 5.39. The van der Waals surface area contributed by atoms with Gasteiger partial charge >= 0.3 is 0 Å². The fourth-order valence-electron chi connectivity index (χ4n) is 2.02. The SMILES string of the molecule is CCC(O)CNC1CCCC1CN. The molecule has 1 aliphatic rings. The van der Waals surface area contributed by atoms with Crippen molar-refractivity contribution < 1.29 is 5.11 Å². The van der Waals surface area contributed by atoms with E-state index in [4.69, 9.17) is 5.73 Å². The number of hydrogen-bond acceptors (Lipinski definition) is 3. The van der Waals surface area contributed by atoms with Crippen molar-refractivity contribution in [3.8, 4) is 0 Å². The highest BCUT2D eigenvalue weighted by molar-refractivity contribution is 4.84. The van der Waals surface area contributed by atoms with Gasteiger partial charge in [-0.25, -0.2) is 0 Å². The molecule has 1 saturated carbocycles. The second-order valence-electron chi connectivity index (χ2n) is 4.00. The summed E-state index contributed by atoms with van der Waals surface area (Å²) >= 11 is 0. The normalized spacial score (nSPS) is 30.7. The van der Waals surface area contributed by atoms with Crippen LogP contribution < -0.4 is 11.1 Å². The van der Waals surface area contributed by atoms with Gasteiger partial charge in [-0.15, -0.1) is 0 Å². The molecule has 0 radical (unpaired) electrons. The fraction of sp³-hybridized carbons (Fsp3) is 1.00. The molecule has 3 heteroatoms. The lowest BCUT2D eigenvalue weighted by atomic mass is 10.0. The Bertz CT molecular complexity index is 141. The second-order valence-corrected chi connectivity index (χ2v) is 4.00. The maximum absolute atomic E-state index is 9.38. The van der Waals surface area contributed by atoms with Crippen LogP contribution in [-0.4, -0.2) is 30.3 Å². The Morgan fingerprint density at radius 2 is 2.31 bits per heavy atom. The van der Waals surface area contributed by atoms with Gasteiger partial charge in [0.1, 0.15) is 0 Å². The van der Waals surface area contributed by atoms with Crippen LogP contribution in [0.25, 0.3) is 0 Å². The van der Waals surface area contributed by atoms with E-state index in [0.717, 1.165) is 19.5 Å². The molecule has 0 aromatic rings. The minimum absolute atomic E-state index is 0.195. The molecule has 3 atom stereocenters. The van der Waals surface area contributed by atoms with Crippen molar-refractivity contribution >= 4 is 0 Å². The molecule has 3 unspecified atom stereocenters. The number of aliphatic hydroxyl groups excluding tert-OH is 1. The molecule has 3 nitrogen and oxygen atoms in total. The molecule has 0 aromatic heterocycles. The predicted octanol–water partition coefficient (Wildman–Crippen LogP) is 0.474. The number of hydrogen-bond donors (Lipinski definition) is 3. The van der Waals surface area contributed by atoms with Gasteiger partial charge in [0.15, 0.2) is 0 Å². The Morgan fingerprint density at radius 1 is 1.54 bits per heavy atom. The molecule has 0 heterocycles. The molecule has 0 aromatic carbocycles. The van der Waals surface area contributed by atoms with Gasteiger partial charge in [-0.05, 0) is 31.7 Å². The van der Waals surface area contributed by atoms with Crippen LogP contribution in [0.1, 0.15) is 32.6 Å². The summed E-state index contributed by atoms with van der Waals surface area (Å²) in [5.41, 5.74) is 5.66. The quantitative estimate of drug-likeness (QED) is 0.585. The first-order valence-electron chi connectivity index (χ1n) is 5.39. The average Bonchev–Trinajstić information content (AvgIpc) is 2.61. The van der Waals surface area contributed by atoms with Crippen molar-refractivity contribution in [1.82, 2.24) is 5.32 Å². The van der Waals surface area contributed by atoms with Crippen LogP contribution in [0.4, 0.5) is 0 Å². The van der Waals surface area contributed by atoms with E-state index in [1.165, 1.54) is 19.3 Å². The maximum Gasteiger partial charge on any atom is 0.0662 e. The van der Waals surface area contributed by atoms with E-state index in [-0.39, 0.29) is 6.10 Å². The lowest BCUT2D eigenvalue weighted by Crippen LogP contribution is -2.39. The Balaban J connectivity index is 2.19. The zero-order valence-corrected chi connectivity index (χ0v) is 8.50. The molecule has 13 heavy (non-hydrogen) atoms. The molecule has 1 fully saturated rings. The summed E-state index contributed by atoms with van der Waals surface area (Å²) in [6, 6.07) is 0.547. The molecular weight excluding hydrogens is 164 g/mol. The smallest absolute Gasteiger partial charge is 0.0662 e. The Labute approximate surface area is 80.7 Å². The zero-order chi connectivity index (χ0) is 9.68. The van der Waals surface area contributed by atoms with E-state index in [2.05, 4.69) is 5.32 Å². The molecule has 0 bridgehead atoms. The Kier molecular flexibility index (Phi) is 4.70. The van der Waals surface area contributed by atoms with Crippen molar-refractivity contribution in [2.45, 2.75) is 44.8 Å². The van der Waals surface area contributed by atoms with Crippen molar-refractivity contribution in [3.63, 3.8) is 0 Å². The third-order valence-corrected chi connectivity index (χ3v) is 3.05. The minimum atomic E-state index is -0.195. The Hall–Kier alpha value is -0.120. The topological polar surface area (TPSA) is 58.3 Å². The van der Waals surface area contributed by atoms with Crippen LogP contribution in [0.15, 0.2) is 0 Å². The Morgan fingerprint density at radius 3 is 2.92 bits per heavy atom. The first kappa shape index (κ1) is 11.0. The van der Waals surface area contributed by atoms with E-state index < -0.39 is 0 Å². The molecular formula is C10H22N2O. The van der Waals surface area contributed by atoms with E-state index in [1.807, 2.05) is 6.92 Å². The highest BCUT2D eigenvalue weighted by atomic mass is 16.3. The number of nitrogens with one attached hydrogen (secondary N) is 1. The van der Waals surface area contributed by atoms with Gasteiger partial charge in [-0.1, -0.05) is 13.3 Å². The highest BCUT2D eigenvalue weighted by Gasteiger charge is 2.25. The standard InChI is InChI=1S/C10H22N2O/c1-2-9(13)7-12-10-5-3-4-8(10)6-11/h8-10,12-13H,2-7,11H2,1H3. The summed E-state index contributed by atoms with van der Waals surface area (Å²) in [5, 5.41) is 12.8. The van der Waals surface area contributed by atoms with Crippen LogP contribution in [0.2, 0.25) is 0 Å². The van der Waals surface area contributed by atoms with Gasteiger partial charge in [0.2, 0.25) is 0 Å². The third-order valence-electron chi connectivity index (χ3n) is 3.05. The van der Waals surface area contributed by atoms with Crippen LogP contribution in [-0.2, 0) is 0 Å². The van der Waals surface area contributed by atoms with Gasteiger partial charge in [0.25, 0.3) is 0 Å². The number of aliphatic hydroxyl groups is 1. The molecule has 1 rings (SSSR count). The molecule has 1 aliphatic carbocycles. The van der Waals surface area contributed by atoms with Crippen molar-refractivity contribution in [2.75, 3.05) is 13.1 Å². The van der Waals surface area contributed by atoms with Gasteiger partial charge in [0, 0.05) is 12.6 Å². The van der Waals surface area contributed by atoms with E-state index in [0.29, 0.717) is 12.0 Å². The third kappa shape index (κ3) is 3.25. The summed E-state index contributed by atoms with van der Waals surface area (Å²) in [6.45, 7) is 3.50. The summed E-state index contributed by atoms with van der Waals surface area (Å²) in [4.78, 5) is 0. The van der Waals surface area contributed by atoms with Gasteiger partial charge in [-0.2, -0.15) is 0 Å². The lowest BCUT2D eigenvalue weighted by molar-refractivity contribution is 0.160. The molecule has 0 spiro atoms. The average molecular weight is 186 g/mol. The van der Waals surface area contributed by atoms with Crippen LogP contribution in [0.5, 0.6) is 0 Å². The summed E-state index contributed by atoms with van der Waals surface area (Å²) in [5.74, 6) is 0.629. The van der Waals surface area contributed by atoms with Crippen LogP contribution in [0.3, 0.4) is 0 Å². The minimum Gasteiger partial charge on any atom is -0.392 e. The van der Waals surface area contributed by atoms with E-state index in [9.17, 15) is 5.11 Å². The number of nitrogens with two attached hydrogens (primary N) is 1. The second kappa shape index (κ2) is 5.58. The molecule has 0 saturated heterocycles. The van der Waals surface area contributed by atoms with Crippen molar-refractivity contribution in [1.29, 1.82) is 0 Å². The fourth-order valence-corrected chi connectivity index (χ4v) is 2.02. The van der Waals surface area contributed by atoms with Gasteiger partial charge < -0.3 is 16.2 Å². The monoisotopic (exact) mass is 186 g/mol. The lowest BCUT2D eigenvalue weighted by Gasteiger charge is -2.20. The molecule has 0 amide bonds.